The molecule has 0 bridgehead atoms. The van der Waals surface area contributed by atoms with E-state index in [2.05, 4.69) is 42.3 Å². The third kappa shape index (κ3) is 4.68. The largest absolute Gasteiger partial charge is 0.368 e. The summed E-state index contributed by atoms with van der Waals surface area (Å²) in [7, 11) is 1.51. The SMILES string of the molecule is CNC(=O)c1cn(C2CCCCC2)cc(C(=O)N2CCN(c3cccc(C)c3C)CC2)c1=O. The zero-order chi connectivity index (χ0) is 23.5. The summed E-state index contributed by atoms with van der Waals surface area (Å²) in [5.41, 5.74) is 3.36. The van der Waals surface area contributed by atoms with E-state index in [1.54, 1.807) is 17.3 Å². The average Bonchev–Trinajstić information content (AvgIpc) is 2.85. The quantitative estimate of drug-likeness (QED) is 0.776. The van der Waals surface area contributed by atoms with Crippen LogP contribution in [0.3, 0.4) is 0 Å². The molecule has 2 aromatic rings. The molecule has 2 heterocycles. The van der Waals surface area contributed by atoms with Crippen LogP contribution >= 0.6 is 0 Å². The zero-order valence-corrected chi connectivity index (χ0v) is 19.9. The number of benzene rings is 1. The number of piperazine rings is 1. The molecule has 0 spiro atoms. The summed E-state index contributed by atoms with van der Waals surface area (Å²) in [6.45, 7) is 6.73. The second-order valence-corrected chi connectivity index (χ2v) is 9.23. The Labute approximate surface area is 195 Å². The van der Waals surface area contributed by atoms with Crippen molar-refractivity contribution in [2.75, 3.05) is 38.1 Å². The number of hydrogen-bond donors (Lipinski definition) is 1. The van der Waals surface area contributed by atoms with Gasteiger partial charge in [-0.2, -0.15) is 0 Å². The minimum atomic E-state index is -0.483. The number of aromatic nitrogens is 1. The molecule has 7 nitrogen and oxygen atoms in total. The topological polar surface area (TPSA) is 74.7 Å². The number of amides is 2. The van der Waals surface area contributed by atoms with Crippen molar-refractivity contribution in [1.82, 2.24) is 14.8 Å². The van der Waals surface area contributed by atoms with E-state index in [1.807, 2.05) is 4.57 Å². The van der Waals surface area contributed by atoms with Crippen LogP contribution in [0.2, 0.25) is 0 Å². The van der Waals surface area contributed by atoms with Crippen LogP contribution < -0.4 is 15.6 Å². The van der Waals surface area contributed by atoms with Gasteiger partial charge in [0.05, 0.1) is 0 Å². The van der Waals surface area contributed by atoms with Gasteiger partial charge in [0.15, 0.2) is 0 Å². The van der Waals surface area contributed by atoms with Crippen molar-refractivity contribution >= 4 is 17.5 Å². The van der Waals surface area contributed by atoms with Crippen molar-refractivity contribution in [1.29, 1.82) is 0 Å². The first-order valence-corrected chi connectivity index (χ1v) is 12.0. The molecule has 1 aromatic heterocycles. The molecule has 176 valence electrons. The number of nitrogens with zero attached hydrogens (tertiary/aromatic N) is 3. The third-order valence-electron chi connectivity index (χ3n) is 7.23. The Kier molecular flexibility index (Phi) is 6.86. The number of rotatable bonds is 4. The van der Waals surface area contributed by atoms with Crippen LogP contribution in [0.25, 0.3) is 0 Å². The molecule has 1 aromatic carbocycles. The smallest absolute Gasteiger partial charge is 0.259 e. The van der Waals surface area contributed by atoms with Gasteiger partial charge in [-0.3, -0.25) is 14.4 Å². The Morgan fingerprint density at radius 1 is 0.939 bits per heavy atom. The lowest BCUT2D eigenvalue weighted by Gasteiger charge is -2.37. The van der Waals surface area contributed by atoms with Crippen LogP contribution in [-0.4, -0.2) is 54.5 Å². The summed E-state index contributed by atoms with van der Waals surface area (Å²) in [6, 6.07) is 6.51. The van der Waals surface area contributed by atoms with Crippen LogP contribution in [0.1, 0.15) is 70.0 Å². The molecular formula is C26H34N4O3. The van der Waals surface area contributed by atoms with E-state index in [0.29, 0.717) is 26.2 Å². The molecule has 1 saturated carbocycles. The predicted octanol–water partition coefficient (Wildman–Crippen LogP) is 3.29. The van der Waals surface area contributed by atoms with Gasteiger partial charge >= 0.3 is 0 Å². The van der Waals surface area contributed by atoms with Gasteiger partial charge in [-0.1, -0.05) is 31.4 Å². The van der Waals surface area contributed by atoms with E-state index < -0.39 is 11.3 Å². The van der Waals surface area contributed by atoms with Crippen LogP contribution in [0.15, 0.2) is 35.4 Å². The second-order valence-electron chi connectivity index (χ2n) is 9.23. The molecule has 33 heavy (non-hydrogen) atoms. The Morgan fingerprint density at radius 2 is 1.61 bits per heavy atom. The van der Waals surface area contributed by atoms with E-state index in [1.165, 1.54) is 30.3 Å². The molecule has 1 aliphatic heterocycles. The molecule has 4 rings (SSSR count). The highest BCUT2D eigenvalue weighted by Crippen LogP contribution is 2.28. The highest BCUT2D eigenvalue weighted by Gasteiger charge is 2.28. The maximum atomic E-state index is 13.4. The molecular weight excluding hydrogens is 416 g/mol. The monoisotopic (exact) mass is 450 g/mol. The molecule has 0 atom stereocenters. The van der Waals surface area contributed by atoms with Crippen molar-refractivity contribution in [2.24, 2.45) is 0 Å². The van der Waals surface area contributed by atoms with Crippen molar-refractivity contribution < 1.29 is 9.59 Å². The number of nitrogens with one attached hydrogen (secondary N) is 1. The maximum absolute atomic E-state index is 13.4. The molecule has 0 radical (unpaired) electrons. The Bertz CT molecular complexity index is 1090. The number of carbonyl (C=O) groups excluding carboxylic acids is 2. The van der Waals surface area contributed by atoms with Gasteiger partial charge in [0.25, 0.3) is 11.8 Å². The van der Waals surface area contributed by atoms with Gasteiger partial charge < -0.3 is 19.7 Å². The Balaban J connectivity index is 1.58. The van der Waals surface area contributed by atoms with Crippen molar-refractivity contribution in [2.45, 2.75) is 52.0 Å². The summed E-state index contributed by atoms with van der Waals surface area (Å²) in [4.78, 5) is 43.0. The highest BCUT2D eigenvalue weighted by atomic mass is 16.2. The number of pyridine rings is 1. The molecule has 1 saturated heterocycles. The Morgan fingerprint density at radius 3 is 2.27 bits per heavy atom. The molecule has 0 unspecified atom stereocenters. The first kappa shape index (κ1) is 23.1. The fourth-order valence-corrected chi connectivity index (χ4v) is 5.04. The van der Waals surface area contributed by atoms with Gasteiger partial charge in [-0.05, 0) is 43.9 Å². The normalized spacial score (nSPS) is 17.2. The first-order chi connectivity index (χ1) is 15.9. The van der Waals surface area contributed by atoms with Gasteiger partial charge in [-0.15, -0.1) is 0 Å². The average molecular weight is 451 g/mol. The molecule has 2 aliphatic rings. The highest BCUT2D eigenvalue weighted by molar-refractivity contribution is 5.99. The van der Waals surface area contributed by atoms with Crippen LogP contribution in [0, 0.1) is 13.8 Å². The van der Waals surface area contributed by atoms with E-state index in [4.69, 9.17) is 0 Å². The number of hydrogen-bond acceptors (Lipinski definition) is 4. The minimum Gasteiger partial charge on any atom is -0.368 e. The van der Waals surface area contributed by atoms with Gasteiger partial charge in [0, 0.05) is 57.3 Å². The molecule has 1 aliphatic carbocycles. The lowest BCUT2D eigenvalue weighted by atomic mass is 9.95. The lowest BCUT2D eigenvalue weighted by molar-refractivity contribution is 0.0744. The third-order valence-corrected chi connectivity index (χ3v) is 7.23. The Hall–Kier alpha value is -3.09. The van der Waals surface area contributed by atoms with Crippen LogP contribution in [-0.2, 0) is 0 Å². The number of anilines is 1. The molecule has 7 heteroatoms. The molecule has 2 amide bonds. The summed E-state index contributed by atoms with van der Waals surface area (Å²) in [5, 5.41) is 2.55. The van der Waals surface area contributed by atoms with Gasteiger partial charge in [0.1, 0.15) is 11.1 Å². The maximum Gasteiger partial charge on any atom is 0.259 e. The van der Waals surface area contributed by atoms with Crippen molar-refractivity contribution in [3.63, 3.8) is 0 Å². The van der Waals surface area contributed by atoms with Crippen LogP contribution in [0.5, 0.6) is 0 Å². The fraction of sp³-hybridized carbons (Fsp3) is 0.500. The van der Waals surface area contributed by atoms with Gasteiger partial charge in [-0.25, -0.2) is 0 Å². The molecule has 2 fully saturated rings. The number of carbonyl (C=O) groups is 2. The van der Waals surface area contributed by atoms with Gasteiger partial charge in [0.2, 0.25) is 5.43 Å². The van der Waals surface area contributed by atoms with E-state index in [9.17, 15) is 14.4 Å². The van der Waals surface area contributed by atoms with E-state index >= 15 is 0 Å². The minimum absolute atomic E-state index is 0.0444. The summed E-state index contributed by atoms with van der Waals surface area (Å²) in [5.74, 6) is -0.727. The fourth-order valence-electron chi connectivity index (χ4n) is 5.04. The lowest BCUT2D eigenvalue weighted by Crippen LogP contribution is -2.50. The summed E-state index contributed by atoms with van der Waals surface area (Å²) >= 11 is 0. The van der Waals surface area contributed by atoms with Crippen molar-refractivity contribution in [3.05, 3.63) is 63.1 Å². The summed E-state index contributed by atoms with van der Waals surface area (Å²) in [6.07, 6.45) is 8.76. The van der Waals surface area contributed by atoms with E-state index in [0.717, 1.165) is 25.7 Å². The van der Waals surface area contributed by atoms with Crippen LogP contribution in [0.4, 0.5) is 5.69 Å². The summed E-state index contributed by atoms with van der Waals surface area (Å²) < 4.78 is 1.94. The van der Waals surface area contributed by atoms with Crippen molar-refractivity contribution in [3.8, 4) is 0 Å². The first-order valence-electron chi connectivity index (χ1n) is 12.0. The van der Waals surface area contributed by atoms with E-state index in [-0.39, 0.29) is 23.1 Å². The zero-order valence-electron chi connectivity index (χ0n) is 19.9. The number of aryl methyl sites for hydroxylation is 1. The molecule has 1 N–H and O–H groups in total. The predicted molar refractivity (Wildman–Crippen MR) is 130 cm³/mol. The standard InChI is InChI=1S/C26H34N4O3/c1-18-8-7-11-23(19(18)2)28-12-14-29(15-13-28)26(33)22-17-30(20-9-5-4-6-10-20)16-21(24(22)31)25(32)27-3/h7-8,11,16-17,20H,4-6,9-10,12-15H2,1-3H3,(H,27,32). The second kappa shape index (κ2) is 9.81.